The first-order valence-electron chi connectivity index (χ1n) is 18.0. The molecule has 0 N–H and O–H groups in total. The van der Waals surface area contributed by atoms with Gasteiger partial charge in [0.15, 0.2) is 17.5 Å². The van der Waals surface area contributed by atoms with E-state index >= 15 is 0 Å². The van der Waals surface area contributed by atoms with Crippen LogP contribution in [0, 0.1) is 11.3 Å². The first kappa shape index (κ1) is 31.3. The summed E-state index contributed by atoms with van der Waals surface area (Å²) in [5.74, 6) is 1.87. The maximum Gasteiger partial charge on any atom is 0.164 e. The van der Waals surface area contributed by atoms with Crippen LogP contribution in [0.5, 0.6) is 0 Å². The minimum Gasteiger partial charge on any atom is -0.208 e. The summed E-state index contributed by atoms with van der Waals surface area (Å²) < 4.78 is 0. The first-order valence-corrected chi connectivity index (χ1v) is 18.0. The second kappa shape index (κ2) is 12.9. The molecule has 0 spiro atoms. The van der Waals surface area contributed by atoms with E-state index in [-0.39, 0.29) is 0 Å². The van der Waals surface area contributed by atoms with Gasteiger partial charge in [-0.2, -0.15) is 5.26 Å². The monoisotopic (exact) mass is 686 g/mol. The summed E-state index contributed by atoms with van der Waals surface area (Å²) in [6.07, 6.45) is 0. The zero-order valence-corrected chi connectivity index (χ0v) is 29.1. The Morgan fingerprint density at radius 3 is 1.28 bits per heavy atom. The van der Waals surface area contributed by atoms with Gasteiger partial charge in [0.05, 0.1) is 11.6 Å². The van der Waals surface area contributed by atoms with Crippen LogP contribution in [0.25, 0.3) is 101 Å². The molecule has 0 radical (unpaired) electrons. The second-order valence-corrected chi connectivity index (χ2v) is 13.5. The normalized spacial score (nSPS) is 11.3. The summed E-state index contributed by atoms with van der Waals surface area (Å²) in [6, 6.07) is 65.2. The van der Waals surface area contributed by atoms with Crippen molar-refractivity contribution in [1.82, 2.24) is 15.0 Å². The molecule has 1 aliphatic rings. The highest BCUT2D eigenvalue weighted by atomic mass is 15.0. The SMILES string of the molecule is N#Cc1ccc(-c2ccc3c4c(ccc(-c5ccc(-c6nc(-c7ccccc7)nc(-c7cccc(-c8ccccc8)c7)n6)cc5)c24)-c2ccccc2-3)cc1. The Morgan fingerprint density at radius 2 is 0.704 bits per heavy atom. The Bertz CT molecular complexity index is 2880. The van der Waals surface area contributed by atoms with Gasteiger partial charge in [-0.25, -0.2) is 15.0 Å². The van der Waals surface area contributed by atoms with Gasteiger partial charge in [0, 0.05) is 16.7 Å². The molecule has 0 amide bonds. The Hall–Kier alpha value is -7.48. The summed E-state index contributed by atoms with van der Waals surface area (Å²) in [7, 11) is 0. The molecule has 0 unspecified atom stereocenters. The molecule has 0 aliphatic heterocycles. The van der Waals surface area contributed by atoms with Crippen molar-refractivity contribution in [1.29, 1.82) is 5.26 Å². The third-order valence-electron chi connectivity index (χ3n) is 10.3. The molecular weight excluding hydrogens is 657 g/mol. The highest BCUT2D eigenvalue weighted by molar-refractivity contribution is 6.22. The van der Waals surface area contributed by atoms with Crippen molar-refractivity contribution in [2.24, 2.45) is 0 Å². The van der Waals surface area contributed by atoms with Gasteiger partial charge in [-0.3, -0.25) is 0 Å². The summed E-state index contributed by atoms with van der Waals surface area (Å²) in [5, 5.41) is 11.9. The molecule has 4 heteroatoms. The van der Waals surface area contributed by atoms with Crippen molar-refractivity contribution < 1.29 is 0 Å². The van der Waals surface area contributed by atoms with Crippen LogP contribution in [-0.2, 0) is 0 Å². The maximum absolute atomic E-state index is 9.49. The molecule has 0 saturated heterocycles. The number of hydrogen-bond acceptors (Lipinski definition) is 4. The molecule has 1 aromatic heterocycles. The number of benzene rings is 8. The standard InChI is InChI=1S/C50H30N4/c51-31-32-18-20-34(21-19-32)40-26-28-44-42-16-7-8-17-43(42)45-29-27-41(46(40)47(44)45)35-22-24-37(25-23-35)49-52-48(36-12-5-2-6-13-36)53-50(54-49)39-15-9-14-38(30-39)33-10-3-1-4-11-33/h1-30H. The number of rotatable bonds is 6. The Kier molecular flexibility index (Phi) is 7.49. The number of nitriles is 1. The fourth-order valence-corrected chi connectivity index (χ4v) is 7.72. The van der Waals surface area contributed by atoms with Crippen LogP contribution in [0.15, 0.2) is 182 Å². The number of nitrogens with zero attached hydrogens (tertiary/aromatic N) is 4. The minimum atomic E-state index is 0.615. The van der Waals surface area contributed by atoms with E-state index in [1.165, 1.54) is 33.0 Å². The van der Waals surface area contributed by atoms with E-state index in [0.29, 0.717) is 23.0 Å². The van der Waals surface area contributed by atoms with Crippen molar-refractivity contribution in [2.75, 3.05) is 0 Å². The summed E-state index contributed by atoms with van der Waals surface area (Å²) in [4.78, 5) is 15.1. The lowest BCUT2D eigenvalue weighted by Gasteiger charge is -2.15. The van der Waals surface area contributed by atoms with E-state index in [1.54, 1.807) is 0 Å². The van der Waals surface area contributed by atoms with Crippen molar-refractivity contribution in [3.63, 3.8) is 0 Å². The van der Waals surface area contributed by atoms with Crippen LogP contribution in [-0.4, -0.2) is 15.0 Å². The molecule has 0 saturated carbocycles. The van der Waals surface area contributed by atoms with E-state index in [2.05, 4.69) is 140 Å². The average molecular weight is 687 g/mol. The van der Waals surface area contributed by atoms with Crippen LogP contribution in [0.2, 0.25) is 0 Å². The number of hydrogen-bond donors (Lipinski definition) is 0. The van der Waals surface area contributed by atoms with E-state index in [4.69, 9.17) is 15.0 Å². The molecular formula is C50H30N4. The molecule has 1 heterocycles. The van der Waals surface area contributed by atoms with Crippen LogP contribution in [0.1, 0.15) is 5.56 Å². The van der Waals surface area contributed by atoms with Gasteiger partial charge in [-0.05, 0) is 84.6 Å². The quantitative estimate of drug-likeness (QED) is 0.175. The Labute approximate surface area is 313 Å². The van der Waals surface area contributed by atoms with Crippen LogP contribution in [0.4, 0.5) is 0 Å². The van der Waals surface area contributed by atoms with Gasteiger partial charge in [0.2, 0.25) is 0 Å². The van der Waals surface area contributed by atoms with Gasteiger partial charge < -0.3 is 0 Å². The van der Waals surface area contributed by atoms with Gasteiger partial charge in [0.25, 0.3) is 0 Å². The fourth-order valence-electron chi connectivity index (χ4n) is 7.72. The summed E-state index contributed by atoms with van der Waals surface area (Å²) in [6.45, 7) is 0. The van der Waals surface area contributed by atoms with Crippen molar-refractivity contribution in [2.45, 2.75) is 0 Å². The summed E-state index contributed by atoms with van der Waals surface area (Å²) in [5.41, 5.74) is 15.1. The lowest BCUT2D eigenvalue weighted by Crippen LogP contribution is -2.00. The maximum atomic E-state index is 9.49. The Balaban J connectivity index is 1.11. The van der Waals surface area contributed by atoms with E-state index in [1.807, 2.05) is 48.5 Å². The van der Waals surface area contributed by atoms with E-state index in [9.17, 15) is 5.26 Å². The van der Waals surface area contributed by atoms with Gasteiger partial charge in [-0.1, -0.05) is 164 Å². The molecule has 8 aromatic carbocycles. The molecule has 54 heavy (non-hydrogen) atoms. The molecule has 4 nitrogen and oxygen atoms in total. The predicted octanol–water partition coefficient (Wildman–Crippen LogP) is 12.5. The molecule has 10 rings (SSSR count). The molecule has 0 fully saturated rings. The molecule has 0 bridgehead atoms. The number of aromatic nitrogens is 3. The second-order valence-electron chi connectivity index (χ2n) is 13.5. The lowest BCUT2D eigenvalue weighted by molar-refractivity contribution is 1.07. The van der Waals surface area contributed by atoms with E-state index < -0.39 is 0 Å². The largest absolute Gasteiger partial charge is 0.208 e. The third kappa shape index (κ3) is 5.35. The van der Waals surface area contributed by atoms with Crippen LogP contribution >= 0.6 is 0 Å². The van der Waals surface area contributed by atoms with Crippen LogP contribution in [0.3, 0.4) is 0 Å². The Morgan fingerprint density at radius 1 is 0.296 bits per heavy atom. The van der Waals surface area contributed by atoms with Gasteiger partial charge in [-0.15, -0.1) is 0 Å². The molecule has 0 atom stereocenters. The highest BCUT2D eigenvalue weighted by Gasteiger charge is 2.25. The van der Waals surface area contributed by atoms with Crippen molar-refractivity contribution in [3.8, 4) is 95.9 Å². The minimum absolute atomic E-state index is 0.615. The smallest absolute Gasteiger partial charge is 0.164 e. The van der Waals surface area contributed by atoms with Crippen molar-refractivity contribution in [3.05, 3.63) is 188 Å². The predicted molar refractivity (Wildman–Crippen MR) is 219 cm³/mol. The molecule has 1 aliphatic carbocycles. The van der Waals surface area contributed by atoms with Gasteiger partial charge in [0.1, 0.15) is 0 Å². The average Bonchev–Trinajstić information content (AvgIpc) is 3.59. The first-order chi connectivity index (χ1) is 26.7. The molecule has 250 valence electrons. The zero-order valence-electron chi connectivity index (χ0n) is 29.1. The number of fused-ring (bicyclic) bond motifs is 3. The fraction of sp³-hybridized carbons (Fsp3) is 0. The molecule has 9 aromatic rings. The highest BCUT2D eigenvalue weighted by Crippen LogP contribution is 2.52. The van der Waals surface area contributed by atoms with Crippen LogP contribution < -0.4 is 0 Å². The topological polar surface area (TPSA) is 62.5 Å². The zero-order chi connectivity index (χ0) is 36.0. The summed E-state index contributed by atoms with van der Waals surface area (Å²) >= 11 is 0. The van der Waals surface area contributed by atoms with Gasteiger partial charge >= 0.3 is 0 Å². The lowest BCUT2D eigenvalue weighted by atomic mass is 9.88. The third-order valence-corrected chi connectivity index (χ3v) is 10.3. The van der Waals surface area contributed by atoms with Crippen molar-refractivity contribution >= 4 is 10.8 Å². The van der Waals surface area contributed by atoms with E-state index in [0.717, 1.165) is 50.1 Å².